The predicted octanol–water partition coefficient (Wildman–Crippen LogP) is 3.51. The number of benzene rings is 1. The average Bonchev–Trinajstić information content (AvgIpc) is 3.09. The van der Waals surface area contributed by atoms with Gasteiger partial charge in [-0.3, -0.25) is 14.5 Å². The van der Waals surface area contributed by atoms with Crippen LogP contribution in [0.2, 0.25) is 0 Å². The number of amides is 2. The van der Waals surface area contributed by atoms with Crippen molar-refractivity contribution in [1.29, 1.82) is 0 Å². The summed E-state index contributed by atoms with van der Waals surface area (Å²) in [4.78, 5) is 27.7. The zero-order valence-corrected chi connectivity index (χ0v) is 14.0. The van der Waals surface area contributed by atoms with Gasteiger partial charge in [0.2, 0.25) is 0 Å². The molecule has 116 valence electrons. The van der Waals surface area contributed by atoms with Crippen molar-refractivity contribution in [1.82, 2.24) is 4.90 Å². The molecule has 1 saturated heterocycles. The molecule has 0 aliphatic carbocycles. The standard InChI is InChI=1S/C17H14N2O2S2/c1-2-9-19-16(20)15(23-17(19)21)10-13-7-8-14(22-13)11-3-5-12(18)6-4-11/h2-8,10H,1,9,18H2/p+1/b15-10-. The molecular formula is C17H15N2O2S2+. The quantitative estimate of drug-likeness (QED) is 0.682. The molecule has 1 aromatic carbocycles. The lowest BCUT2D eigenvalue weighted by Crippen LogP contribution is -2.39. The van der Waals surface area contributed by atoms with Gasteiger partial charge in [0.1, 0.15) is 5.69 Å². The van der Waals surface area contributed by atoms with E-state index in [4.69, 9.17) is 0 Å². The Labute approximate surface area is 142 Å². The fourth-order valence-corrected chi connectivity index (χ4v) is 4.04. The number of quaternary nitrogens is 1. The molecule has 0 bridgehead atoms. The first-order chi connectivity index (χ1) is 11.1. The smallest absolute Gasteiger partial charge is 0.293 e. The maximum Gasteiger partial charge on any atom is 0.293 e. The second-order valence-electron chi connectivity index (χ2n) is 4.98. The highest BCUT2D eigenvalue weighted by molar-refractivity contribution is 8.18. The van der Waals surface area contributed by atoms with Crippen molar-refractivity contribution in [2.24, 2.45) is 0 Å². The predicted molar refractivity (Wildman–Crippen MR) is 95.2 cm³/mol. The largest absolute Gasteiger partial charge is 0.325 e. The van der Waals surface area contributed by atoms with Gasteiger partial charge in [-0.25, -0.2) is 0 Å². The first kappa shape index (κ1) is 15.7. The van der Waals surface area contributed by atoms with Gasteiger partial charge in [-0.2, -0.15) is 0 Å². The van der Waals surface area contributed by atoms with Crippen molar-refractivity contribution in [3.05, 3.63) is 58.8 Å². The van der Waals surface area contributed by atoms with Crippen molar-refractivity contribution in [3.63, 3.8) is 0 Å². The maximum absolute atomic E-state index is 12.2. The van der Waals surface area contributed by atoms with Gasteiger partial charge in [-0.1, -0.05) is 6.08 Å². The van der Waals surface area contributed by atoms with Crippen LogP contribution in [0.25, 0.3) is 16.5 Å². The summed E-state index contributed by atoms with van der Waals surface area (Å²) in [6.45, 7) is 3.81. The monoisotopic (exact) mass is 343 g/mol. The SMILES string of the molecule is C=CCN1C(=O)S/C(=C\c2ccc(-c3ccc([NH3+])cc3)s2)C1=O. The van der Waals surface area contributed by atoms with Crippen molar-refractivity contribution >= 4 is 46.0 Å². The normalized spacial score (nSPS) is 16.4. The summed E-state index contributed by atoms with van der Waals surface area (Å²) in [5, 5.41) is -0.246. The molecule has 1 aromatic heterocycles. The first-order valence-electron chi connectivity index (χ1n) is 6.97. The van der Waals surface area contributed by atoms with E-state index in [1.54, 1.807) is 23.5 Å². The molecule has 23 heavy (non-hydrogen) atoms. The van der Waals surface area contributed by atoms with E-state index in [0.29, 0.717) is 4.91 Å². The number of carbonyl (C=O) groups excluding carboxylic acids is 2. The first-order valence-corrected chi connectivity index (χ1v) is 8.60. The molecule has 3 N–H and O–H groups in total. The molecule has 0 unspecified atom stereocenters. The van der Waals surface area contributed by atoms with Gasteiger partial charge >= 0.3 is 0 Å². The summed E-state index contributed by atoms with van der Waals surface area (Å²) >= 11 is 2.56. The molecule has 0 spiro atoms. The second-order valence-corrected chi connectivity index (χ2v) is 7.09. The van der Waals surface area contributed by atoms with Crippen molar-refractivity contribution in [2.45, 2.75) is 0 Å². The third-order valence-corrected chi connectivity index (χ3v) is 5.31. The second kappa shape index (κ2) is 6.54. The third kappa shape index (κ3) is 3.29. The number of nitrogens with zero attached hydrogens (tertiary/aromatic N) is 1. The molecule has 6 heteroatoms. The van der Waals surface area contributed by atoms with E-state index in [2.05, 4.69) is 12.3 Å². The summed E-state index contributed by atoms with van der Waals surface area (Å²) in [5.74, 6) is -0.253. The Balaban J connectivity index is 1.84. The van der Waals surface area contributed by atoms with E-state index >= 15 is 0 Å². The van der Waals surface area contributed by atoms with E-state index in [1.165, 1.54) is 4.90 Å². The van der Waals surface area contributed by atoms with Crippen molar-refractivity contribution < 1.29 is 15.3 Å². The van der Waals surface area contributed by atoms with Crippen molar-refractivity contribution in [3.8, 4) is 10.4 Å². The zero-order chi connectivity index (χ0) is 16.4. The number of imide groups is 1. The van der Waals surface area contributed by atoms with Crippen LogP contribution in [0.3, 0.4) is 0 Å². The minimum Gasteiger partial charge on any atom is -0.325 e. The highest BCUT2D eigenvalue weighted by atomic mass is 32.2. The summed E-state index contributed by atoms with van der Waals surface area (Å²) in [6.07, 6.45) is 3.33. The molecule has 3 rings (SSSR count). The molecule has 2 aromatic rings. The Kier molecular flexibility index (Phi) is 4.47. The fourth-order valence-electron chi connectivity index (χ4n) is 2.17. The lowest BCUT2D eigenvalue weighted by molar-refractivity contribution is -0.254. The molecule has 1 aliphatic rings. The van der Waals surface area contributed by atoms with Gasteiger partial charge in [-0.05, 0) is 59.8 Å². The summed E-state index contributed by atoms with van der Waals surface area (Å²) in [5.41, 5.74) is 5.96. The Bertz CT molecular complexity index is 806. The van der Waals surface area contributed by atoms with Crippen LogP contribution in [0, 0.1) is 0 Å². The lowest BCUT2D eigenvalue weighted by atomic mass is 10.2. The molecule has 2 amide bonds. The minimum absolute atomic E-state index is 0.245. The highest BCUT2D eigenvalue weighted by Crippen LogP contribution is 2.35. The van der Waals surface area contributed by atoms with Crippen LogP contribution in [0.1, 0.15) is 4.88 Å². The van der Waals surface area contributed by atoms with E-state index in [-0.39, 0.29) is 17.7 Å². The fraction of sp³-hybridized carbons (Fsp3) is 0.0588. The van der Waals surface area contributed by atoms with Crippen LogP contribution >= 0.6 is 23.1 Å². The van der Waals surface area contributed by atoms with Crippen LogP contribution in [0.5, 0.6) is 0 Å². The van der Waals surface area contributed by atoms with Gasteiger partial charge in [0, 0.05) is 16.3 Å². The Morgan fingerprint density at radius 1 is 1.13 bits per heavy atom. The topological polar surface area (TPSA) is 65.0 Å². The number of carbonyl (C=O) groups is 2. The number of thiophene rings is 1. The van der Waals surface area contributed by atoms with Crippen LogP contribution < -0.4 is 5.73 Å². The molecule has 1 fully saturated rings. The van der Waals surface area contributed by atoms with Crippen LogP contribution in [0.4, 0.5) is 10.5 Å². The molecular weight excluding hydrogens is 328 g/mol. The van der Waals surface area contributed by atoms with E-state index in [9.17, 15) is 9.59 Å². The Hall–Kier alpha value is -2.15. The number of thioether (sulfide) groups is 1. The van der Waals surface area contributed by atoms with Gasteiger partial charge in [0.25, 0.3) is 11.1 Å². The molecule has 1 aliphatic heterocycles. The summed E-state index contributed by atoms with van der Waals surface area (Å²) in [7, 11) is 0. The zero-order valence-electron chi connectivity index (χ0n) is 12.3. The van der Waals surface area contributed by atoms with Crippen LogP contribution in [0.15, 0.2) is 54.0 Å². The maximum atomic E-state index is 12.2. The number of hydrogen-bond donors (Lipinski definition) is 1. The van der Waals surface area contributed by atoms with Crippen molar-refractivity contribution in [2.75, 3.05) is 6.54 Å². The van der Waals surface area contributed by atoms with Crippen LogP contribution in [-0.4, -0.2) is 22.6 Å². The number of hydrogen-bond acceptors (Lipinski definition) is 4. The van der Waals surface area contributed by atoms with E-state index in [0.717, 1.165) is 32.8 Å². The third-order valence-electron chi connectivity index (χ3n) is 3.32. The average molecular weight is 343 g/mol. The van der Waals surface area contributed by atoms with Gasteiger partial charge < -0.3 is 5.73 Å². The van der Waals surface area contributed by atoms with E-state index < -0.39 is 0 Å². The minimum atomic E-state index is -0.253. The molecule has 0 radical (unpaired) electrons. The van der Waals surface area contributed by atoms with Gasteiger partial charge in [0.15, 0.2) is 0 Å². The Morgan fingerprint density at radius 3 is 2.57 bits per heavy atom. The van der Waals surface area contributed by atoms with Gasteiger partial charge in [0.05, 0.1) is 4.91 Å². The molecule has 0 atom stereocenters. The highest BCUT2D eigenvalue weighted by Gasteiger charge is 2.34. The number of rotatable bonds is 4. The summed E-state index contributed by atoms with van der Waals surface area (Å²) in [6, 6.07) is 12.0. The van der Waals surface area contributed by atoms with E-state index in [1.807, 2.05) is 36.4 Å². The van der Waals surface area contributed by atoms with Crippen LogP contribution in [-0.2, 0) is 4.79 Å². The molecule has 4 nitrogen and oxygen atoms in total. The molecule has 0 saturated carbocycles. The lowest BCUT2D eigenvalue weighted by Gasteiger charge is -2.07. The van der Waals surface area contributed by atoms with Gasteiger partial charge in [-0.15, -0.1) is 17.9 Å². The molecule has 2 heterocycles. The summed E-state index contributed by atoms with van der Waals surface area (Å²) < 4.78 is 0. The Morgan fingerprint density at radius 2 is 1.87 bits per heavy atom.